The summed E-state index contributed by atoms with van der Waals surface area (Å²) in [4.78, 5) is 11.9. The van der Waals surface area contributed by atoms with Gasteiger partial charge >= 0.3 is 0 Å². The summed E-state index contributed by atoms with van der Waals surface area (Å²) in [6, 6.07) is 5.96. The number of carbonyl (C=O) groups is 1. The molecule has 6 heteroatoms. The predicted octanol–water partition coefficient (Wildman–Crippen LogP) is 0.940. The molecule has 1 amide bonds. The second-order valence-electron chi connectivity index (χ2n) is 4.94. The Labute approximate surface area is 113 Å². The summed E-state index contributed by atoms with van der Waals surface area (Å²) in [7, 11) is -3.65. The van der Waals surface area contributed by atoms with Gasteiger partial charge in [0, 0.05) is 6.04 Å². The van der Waals surface area contributed by atoms with E-state index in [0.717, 1.165) is 18.4 Å². The second kappa shape index (κ2) is 5.30. The van der Waals surface area contributed by atoms with E-state index in [2.05, 4.69) is 10.0 Å². The highest BCUT2D eigenvalue weighted by atomic mass is 32.2. The molecular weight excluding hydrogens is 264 g/mol. The Bertz CT molecular complexity index is 562. The molecule has 0 heterocycles. The van der Waals surface area contributed by atoms with E-state index in [-0.39, 0.29) is 16.8 Å². The van der Waals surface area contributed by atoms with Crippen LogP contribution in [-0.2, 0) is 14.8 Å². The molecule has 0 aliphatic heterocycles. The minimum Gasteiger partial charge on any atom is -0.352 e. The maximum atomic E-state index is 12.1. The van der Waals surface area contributed by atoms with Crippen molar-refractivity contribution in [2.45, 2.75) is 43.7 Å². The Hall–Kier alpha value is -1.40. The first-order valence-corrected chi connectivity index (χ1v) is 7.76. The number of aryl methyl sites for hydroxylation is 1. The molecule has 0 saturated heterocycles. The molecule has 0 spiro atoms. The van der Waals surface area contributed by atoms with E-state index in [0.29, 0.717) is 0 Å². The molecule has 104 valence electrons. The van der Waals surface area contributed by atoms with Gasteiger partial charge in [-0.2, -0.15) is 4.72 Å². The summed E-state index contributed by atoms with van der Waals surface area (Å²) in [6.07, 6.45) is 1.95. The third-order valence-electron chi connectivity index (χ3n) is 2.98. The highest BCUT2D eigenvalue weighted by Crippen LogP contribution is 2.18. The zero-order valence-electron chi connectivity index (χ0n) is 11.0. The minimum absolute atomic E-state index is 0.171. The lowest BCUT2D eigenvalue weighted by atomic mass is 10.2. The molecule has 2 N–H and O–H groups in total. The molecule has 0 bridgehead atoms. The highest BCUT2D eigenvalue weighted by molar-refractivity contribution is 7.89. The van der Waals surface area contributed by atoms with Gasteiger partial charge in [0.15, 0.2) is 0 Å². The van der Waals surface area contributed by atoms with Crippen molar-refractivity contribution >= 4 is 15.9 Å². The summed E-state index contributed by atoms with van der Waals surface area (Å²) in [5, 5.41) is 2.77. The number of hydrogen-bond acceptors (Lipinski definition) is 3. The van der Waals surface area contributed by atoms with Crippen LogP contribution >= 0.6 is 0 Å². The maximum Gasteiger partial charge on any atom is 0.241 e. The number of hydrogen-bond donors (Lipinski definition) is 2. The van der Waals surface area contributed by atoms with Gasteiger partial charge in [0.1, 0.15) is 0 Å². The van der Waals surface area contributed by atoms with E-state index in [1.165, 1.54) is 12.1 Å². The quantitative estimate of drug-likeness (QED) is 0.844. The first-order chi connectivity index (χ1) is 8.88. The van der Waals surface area contributed by atoms with Crippen molar-refractivity contribution in [1.29, 1.82) is 0 Å². The van der Waals surface area contributed by atoms with Gasteiger partial charge in [0.25, 0.3) is 0 Å². The molecule has 19 heavy (non-hydrogen) atoms. The number of amides is 1. The molecule has 5 nitrogen and oxygen atoms in total. The van der Waals surface area contributed by atoms with Crippen LogP contribution in [0, 0.1) is 6.92 Å². The van der Waals surface area contributed by atoms with Crippen LogP contribution in [0.4, 0.5) is 0 Å². The van der Waals surface area contributed by atoms with Crippen LogP contribution < -0.4 is 10.0 Å². The molecule has 1 aliphatic carbocycles. The monoisotopic (exact) mass is 282 g/mol. The van der Waals surface area contributed by atoms with E-state index in [1.54, 1.807) is 19.1 Å². The third kappa shape index (κ3) is 3.78. The van der Waals surface area contributed by atoms with Crippen LogP contribution in [0.3, 0.4) is 0 Å². The number of nitrogens with one attached hydrogen (secondary N) is 2. The van der Waals surface area contributed by atoms with Crippen molar-refractivity contribution in [3.05, 3.63) is 29.8 Å². The van der Waals surface area contributed by atoms with E-state index < -0.39 is 16.1 Å². The molecular formula is C13H18N2O3S. The molecule has 1 fully saturated rings. The van der Waals surface area contributed by atoms with Gasteiger partial charge in [-0.15, -0.1) is 0 Å². The molecule has 1 atom stereocenters. The van der Waals surface area contributed by atoms with Crippen molar-refractivity contribution in [1.82, 2.24) is 10.0 Å². The van der Waals surface area contributed by atoms with Crippen molar-refractivity contribution in [3.63, 3.8) is 0 Å². The Morgan fingerprint density at radius 3 is 2.37 bits per heavy atom. The second-order valence-corrected chi connectivity index (χ2v) is 6.65. The van der Waals surface area contributed by atoms with E-state index in [9.17, 15) is 13.2 Å². The fraction of sp³-hybridized carbons (Fsp3) is 0.462. The van der Waals surface area contributed by atoms with Crippen LogP contribution in [0.25, 0.3) is 0 Å². The Kier molecular flexibility index (Phi) is 3.91. The zero-order valence-corrected chi connectivity index (χ0v) is 11.8. The predicted molar refractivity (Wildman–Crippen MR) is 72.1 cm³/mol. The molecule has 1 saturated carbocycles. The third-order valence-corrected chi connectivity index (χ3v) is 4.54. The number of benzene rings is 1. The van der Waals surface area contributed by atoms with Gasteiger partial charge in [-0.3, -0.25) is 4.79 Å². The zero-order chi connectivity index (χ0) is 14.0. The molecule has 0 aromatic heterocycles. The smallest absolute Gasteiger partial charge is 0.241 e. The summed E-state index contributed by atoms with van der Waals surface area (Å²) >= 11 is 0. The lowest BCUT2D eigenvalue weighted by Gasteiger charge is -2.14. The van der Waals surface area contributed by atoms with Gasteiger partial charge in [-0.05, 0) is 38.8 Å². The number of sulfonamides is 1. The van der Waals surface area contributed by atoms with Crippen LogP contribution in [0.1, 0.15) is 25.3 Å². The summed E-state index contributed by atoms with van der Waals surface area (Å²) < 4.78 is 26.5. The highest BCUT2D eigenvalue weighted by Gasteiger charge is 2.27. The average molecular weight is 282 g/mol. The van der Waals surface area contributed by atoms with Crippen molar-refractivity contribution in [3.8, 4) is 0 Å². The fourth-order valence-electron chi connectivity index (χ4n) is 1.63. The largest absolute Gasteiger partial charge is 0.352 e. The molecule has 1 aromatic rings. The van der Waals surface area contributed by atoms with Gasteiger partial charge in [-0.1, -0.05) is 17.7 Å². The number of carbonyl (C=O) groups excluding carboxylic acids is 1. The summed E-state index contributed by atoms with van der Waals surface area (Å²) in [6.45, 7) is 3.43. The van der Waals surface area contributed by atoms with Gasteiger partial charge in [0.2, 0.25) is 15.9 Å². The van der Waals surface area contributed by atoms with Crippen molar-refractivity contribution in [2.24, 2.45) is 0 Å². The van der Waals surface area contributed by atoms with Crippen LogP contribution in [0.5, 0.6) is 0 Å². The Morgan fingerprint density at radius 1 is 1.26 bits per heavy atom. The van der Waals surface area contributed by atoms with Crippen LogP contribution in [0.15, 0.2) is 29.2 Å². The molecule has 0 radical (unpaired) electrons. The van der Waals surface area contributed by atoms with Crippen LogP contribution in [0.2, 0.25) is 0 Å². The van der Waals surface area contributed by atoms with E-state index >= 15 is 0 Å². The van der Waals surface area contributed by atoms with Gasteiger partial charge in [0.05, 0.1) is 10.9 Å². The van der Waals surface area contributed by atoms with Gasteiger partial charge in [-0.25, -0.2) is 8.42 Å². The minimum atomic E-state index is -3.65. The Morgan fingerprint density at radius 2 is 1.84 bits per heavy atom. The lowest BCUT2D eigenvalue weighted by Crippen LogP contribution is -2.45. The summed E-state index contributed by atoms with van der Waals surface area (Å²) in [5.74, 6) is -0.279. The molecule has 1 aliphatic rings. The number of rotatable bonds is 5. The topological polar surface area (TPSA) is 75.3 Å². The van der Waals surface area contributed by atoms with Crippen LogP contribution in [-0.4, -0.2) is 26.4 Å². The average Bonchev–Trinajstić information content (AvgIpc) is 3.12. The first-order valence-electron chi connectivity index (χ1n) is 6.28. The van der Waals surface area contributed by atoms with Crippen molar-refractivity contribution in [2.75, 3.05) is 0 Å². The Balaban J connectivity index is 2.03. The van der Waals surface area contributed by atoms with E-state index in [4.69, 9.17) is 0 Å². The fourth-order valence-corrected chi connectivity index (χ4v) is 2.83. The van der Waals surface area contributed by atoms with Gasteiger partial charge < -0.3 is 5.32 Å². The maximum absolute atomic E-state index is 12.1. The van der Waals surface area contributed by atoms with E-state index in [1.807, 2.05) is 6.92 Å². The molecule has 1 aromatic carbocycles. The normalized spacial score (nSPS) is 16.9. The first kappa shape index (κ1) is 14.0. The standard InChI is InChI=1S/C13H18N2O3S/c1-9-3-7-12(8-4-9)19(17,18)15-10(2)13(16)14-11-5-6-11/h3-4,7-8,10-11,15H,5-6H2,1-2H3,(H,14,16)/t10-/m1/s1. The SMILES string of the molecule is Cc1ccc(S(=O)(=O)N[C@H](C)C(=O)NC2CC2)cc1. The van der Waals surface area contributed by atoms with Crippen molar-refractivity contribution < 1.29 is 13.2 Å². The lowest BCUT2D eigenvalue weighted by molar-refractivity contribution is -0.122. The summed E-state index contributed by atoms with van der Waals surface area (Å²) in [5.41, 5.74) is 0.985. The molecule has 2 rings (SSSR count). The molecule has 0 unspecified atom stereocenters.